The van der Waals surface area contributed by atoms with Crippen molar-refractivity contribution in [3.63, 3.8) is 0 Å². The van der Waals surface area contributed by atoms with Gasteiger partial charge in [-0.15, -0.1) is 11.3 Å². The molecule has 134 valence electrons. The Morgan fingerprint density at radius 3 is 3.16 bits per heavy atom. The SMILES string of the molecule is COCCN1C[C@]23C=C[C@H](O2)[C@@H](C(=O)N(C)Cc2nccs2)[C@H]3C1=O. The molecule has 1 aromatic rings. The third-order valence-electron chi connectivity index (χ3n) is 5.26. The summed E-state index contributed by atoms with van der Waals surface area (Å²) in [5.74, 6) is -0.969. The lowest BCUT2D eigenvalue weighted by Crippen LogP contribution is -2.44. The van der Waals surface area contributed by atoms with Crippen molar-refractivity contribution in [2.75, 3.05) is 33.9 Å². The van der Waals surface area contributed by atoms with E-state index in [0.717, 1.165) is 5.01 Å². The highest BCUT2D eigenvalue weighted by molar-refractivity contribution is 7.09. The summed E-state index contributed by atoms with van der Waals surface area (Å²) in [5.41, 5.74) is -0.655. The fourth-order valence-electron chi connectivity index (χ4n) is 4.12. The number of fused-ring (bicyclic) bond motifs is 1. The summed E-state index contributed by atoms with van der Waals surface area (Å²) >= 11 is 1.52. The highest BCUT2D eigenvalue weighted by atomic mass is 32.1. The van der Waals surface area contributed by atoms with Gasteiger partial charge in [0.2, 0.25) is 11.8 Å². The molecule has 4 heterocycles. The number of ether oxygens (including phenoxy) is 2. The first-order valence-electron chi connectivity index (χ1n) is 8.34. The number of hydrogen-bond acceptors (Lipinski definition) is 6. The molecule has 0 aromatic carbocycles. The van der Waals surface area contributed by atoms with Gasteiger partial charge in [-0.1, -0.05) is 12.2 Å². The van der Waals surface area contributed by atoms with E-state index < -0.39 is 17.4 Å². The van der Waals surface area contributed by atoms with Gasteiger partial charge in [-0.3, -0.25) is 9.59 Å². The van der Waals surface area contributed by atoms with Crippen LogP contribution in [-0.2, 0) is 25.6 Å². The lowest BCUT2D eigenvalue weighted by Gasteiger charge is -2.27. The summed E-state index contributed by atoms with van der Waals surface area (Å²) in [4.78, 5) is 33.6. The van der Waals surface area contributed by atoms with Crippen LogP contribution in [0.3, 0.4) is 0 Å². The van der Waals surface area contributed by atoms with Gasteiger partial charge < -0.3 is 19.3 Å². The molecular weight excluding hydrogens is 342 g/mol. The summed E-state index contributed by atoms with van der Waals surface area (Å²) in [6.45, 7) is 1.94. The van der Waals surface area contributed by atoms with E-state index in [4.69, 9.17) is 9.47 Å². The van der Waals surface area contributed by atoms with Crippen molar-refractivity contribution >= 4 is 23.2 Å². The Labute approximate surface area is 150 Å². The molecule has 0 radical (unpaired) electrons. The van der Waals surface area contributed by atoms with Crippen LogP contribution in [0.5, 0.6) is 0 Å². The summed E-state index contributed by atoms with van der Waals surface area (Å²) in [6, 6.07) is 0. The molecule has 2 saturated heterocycles. The first kappa shape index (κ1) is 16.7. The molecule has 0 saturated carbocycles. The highest BCUT2D eigenvalue weighted by Crippen LogP contribution is 2.52. The van der Waals surface area contributed by atoms with E-state index >= 15 is 0 Å². The van der Waals surface area contributed by atoms with Crippen molar-refractivity contribution in [1.82, 2.24) is 14.8 Å². The first-order chi connectivity index (χ1) is 12.1. The Kier molecular flexibility index (Phi) is 4.13. The smallest absolute Gasteiger partial charge is 0.230 e. The summed E-state index contributed by atoms with van der Waals surface area (Å²) < 4.78 is 11.2. The zero-order chi connectivity index (χ0) is 17.6. The molecule has 8 heteroatoms. The largest absolute Gasteiger partial charge is 0.383 e. The topological polar surface area (TPSA) is 72.0 Å². The van der Waals surface area contributed by atoms with Crippen LogP contribution >= 0.6 is 11.3 Å². The van der Waals surface area contributed by atoms with Gasteiger partial charge in [-0.05, 0) is 0 Å². The predicted octanol–water partition coefficient (Wildman–Crippen LogP) is 0.530. The number of likely N-dealkylation sites (tertiary alicyclic amines) is 1. The molecule has 0 aliphatic carbocycles. The third-order valence-corrected chi connectivity index (χ3v) is 6.03. The predicted molar refractivity (Wildman–Crippen MR) is 90.8 cm³/mol. The minimum absolute atomic E-state index is 0.00935. The Morgan fingerprint density at radius 1 is 1.60 bits per heavy atom. The van der Waals surface area contributed by atoms with Gasteiger partial charge in [0.15, 0.2) is 0 Å². The molecule has 4 atom stereocenters. The molecule has 7 nitrogen and oxygen atoms in total. The minimum atomic E-state index is -0.655. The Hall–Kier alpha value is -1.77. The van der Waals surface area contributed by atoms with E-state index in [1.165, 1.54) is 11.3 Å². The second-order valence-electron chi connectivity index (χ2n) is 6.77. The van der Waals surface area contributed by atoms with E-state index in [0.29, 0.717) is 26.2 Å². The van der Waals surface area contributed by atoms with Crippen molar-refractivity contribution in [3.05, 3.63) is 28.7 Å². The van der Waals surface area contributed by atoms with Crippen molar-refractivity contribution in [1.29, 1.82) is 0 Å². The van der Waals surface area contributed by atoms with Gasteiger partial charge in [0.05, 0.1) is 37.6 Å². The number of amides is 2. The van der Waals surface area contributed by atoms with Crippen molar-refractivity contribution in [2.45, 2.75) is 18.2 Å². The number of carbonyl (C=O) groups is 2. The van der Waals surface area contributed by atoms with Gasteiger partial charge >= 0.3 is 0 Å². The lowest BCUT2D eigenvalue weighted by molar-refractivity contribution is -0.142. The average molecular weight is 363 g/mol. The van der Waals surface area contributed by atoms with Crippen LogP contribution in [-0.4, -0.2) is 72.2 Å². The van der Waals surface area contributed by atoms with Crippen LogP contribution in [0.4, 0.5) is 0 Å². The molecule has 4 rings (SSSR count). The van der Waals surface area contributed by atoms with Crippen molar-refractivity contribution in [3.8, 4) is 0 Å². The number of thiazole rings is 1. The van der Waals surface area contributed by atoms with E-state index in [9.17, 15) is 9.59 Å². The zero-order valence-corrected chi connectivity index (χ0v) is 15.1. The summed E-state index contributed by atoms with van der Waals surface area (Å²) in [5, 5.41) is 2.77. The Bertz CT molecular complexity index is 707. The van der Waals surface area contributed by atoms with Gasteiger partial charge in [-0.25, -0.2) is 4.98 Å². The molecule has 0 N–H and O–H groups in total. The molecule has 3 aliphatic heterocycles. The second-order valence-corrected chi connectivity index (χ2v) is 7.75. The number of carbonyl (C=O) groups excluding carboxylic acids is 2. The van der Waals surface area contributed by atoms with Gasteiger partial charge in [0.1, 0.15) is 10.6 Å². The van der Waals surface area contributed by atoms with E-state index in [2.05, 4.69) is 4.98 Å². The third kappa shape index (κ3) is 2.59. The Balaban J connectivity index is 1.53. The number of rotatable bonds is 6. The van der Waals surface area contributed by atoms with Crippen LogP contribution in [0.2, 0.25) is 0 Å². The highest BCUT2D eigenvalue weighted by Gasteiger charge is 2.66. The van der Waals surface area contributed by atoms with Crippen LogP contribution < -0.4 is 0 Å². The van der Waals surface area contributed by atoms with E-state index in [-0.39, 0.29) is 17.9 Å². The standard InChI is InChI=1S/C17H21N3O4S/c1-19(9-12-18-5-8-25-12)15(21)13-11-3-4-17(24-11)10-20(6-7-23-2)16(22)14(13)17/h3-5,8,11,13-14H,6-7,9-10H2,1-2H3/t11-,13+,14-,17-/m0/s1. The Morgan fingerprint density at radius 2 is 2.44 bits per heavy atom. The molecular formula is C17H21N3O4S. The molecule has 1 aromatic heterocycles. The second kappa shape index (κ2) is 6.19. The normalized spacial score (nSPS) is 32.5. The van der Waals surface area contributed by atoms with Gasteiger partial charge in [-0.2, -0.15) is 0 Å². The van der Waals surface area contributed by atoms with Gasteiger partial charge in [0.25, 0.3) is 0 Å². The average Bonchev–Trinajstić information content (AvgIpc) is 3.35. The maximum Gasteiger partial charge on any atom is 0.230 e. The fraction of sp³-hybridized carbons (Fsp3) is 0.588. The first-order valence-corrected chi connectivity index (χ1v) is 9.22. The van der Waals surface area contributed by atoms with Crippen LogP contribution in [0.25, 0.3) is 0 Å². The van der Waals surface area contributed by atoms with Crippen LogP contribution in [0.15, 0.2) is 23.7 Å². The maximum atomic E-state index is 13.1. The monoisotopic (exact) mass is 363 g/mol. The summed E-state index contributed by atoms with van der Waals surface area (Å²) in [7, 11) is 3.37. The number of nitrogens with zero attached hydrogens (tertiary/aromatic N) is 3. The lowest BCUT2D eigenvalue weighted by atomic mass is 9.76. The molecule has 2 amide bonds. The molecule has 25 heavy (non-hydrogen) atoms. The molecule has 2 bridgehead atoms. The number of hydrogen-bond donors (Lipinski definition) is 0. The quantitative estimate of drug-likeness (QED) is 0.690. The number of methoxy groups -OCH3 is 1. The summed E-state index contributed by atoms with van der Waals surface area (Å²) in [6.07, 6.45) is 5.32. The molecule has 3 aliphatic rings. The van der Waals surface area contributed by atoms with Crippen LogP contribution in [0, 0.1) is 11.8 Å². The van der Waals surface area contributed by atoms with Crippen molar-refractivity contribution in [2.24, 2.45) is 11.8 Å². The minimum Gasteiger partial charge on any atom is -0.383 e. The van der Waals surface area contributed by atoms with E-state index in [1.54, 1.807) is 30.2 Å². The fourth-order valence-corrected chi connectivity index (χ4v) is 4.79. The maximum absolute atomic E-state index is 13.1. The van der Waals surface area contributed by atoms with Crippen molar-refractivity contribution < 1.29 is 19.1 Å². The zero-order valence-electron chi connectivity index (χ0n) is 14.3. The molecule has 0 unspecified atom stereocenters. The number of aromatic nitrogens is 1. The van der Waals surface area contributed by atoms with E-state index in [1.807, 2.05) is 17.5 Å². The molecule has 2 fully saturated rings. The van der Waals surface area contributed by atoms with Crippen LogP contribution in [0.1, 0.15) is 5.01 Å². The molecule has 1 spiro atoms. The van der Waals surface area contributed by atoms with Gasteiger partial charge in [0, 0.05) is 32.3 Å².